The second kappa shape index (κ2) is 6.58. The number of methoxy groups -OCH3 is 2. The number of aromatic nitrogens is 1. The first-order chi connectivity index (χ1) is 9.63. The largest absolute Gasteiger partial charge is 0.493 e. The third-order valence-electron chi connectivity index (χ3n) is 2.45. The summed E-state index contributed by atoms with van der Waals surface area (Å²) < 4.78 is 10.4. The van der Waals surface area contributed by atoms with Gasteiger partial charge in [0.25, 0.3) is 0 Å². The van der Waals surface area contributed by atoms with Crippen molar-refractivity contribution in [3.05, 3.63) is 33.8 Å². The number of rotatable bonds is 5. The monoisotopic (exact) mass is 311 g/mol. The van der Waals surface area contributed by atoms with E-state index in [0.717, 1.165) is 16.4 Å². The first-order valence-corrected chi connectivity index (χ1v) is 7.02. The van der Waals surface area contributed by atoms with Gasteiger partial charge in [-0.25, -0.2) is 4.98 Å². The molecule has 1 heterocycles. The molecular weight excluding hydrogens is 298 g/mol. The fourth-order valence-corrected chi connectivity index (χ4v) is 2.51. The minimum atomic E-state index is 0.471. The maximum Gasteiger partial charge on any atom is 0.203 e. The van der Waals surface area contributed by atoms with E-state index in [-0.39, 0.29) is 0 Å². The highest BCUT2D eigenvalue weighted by atomic mass is 35.5. The first kappa shape index (κ1) is 14.6. The Bertz CT molecular complexity index is 628. The number of hydrogen-bond donors (Lipinski definition) is 1. The fourth-order valence-electron chi connectivity index (χ4n) is 1.58. The minimum Gasteiger partial charge on any atom is -0.493 e. The third kappa shape index (κ3) is 3.40. The van der Waals surface area contributed by atoms with E-state index in [1.165, 1.54) is 11.3 Å². The molecule has 0 unspecified atom stereocenters. The number of ether oxygens (including phenoxy) is 2. The lowest BCUT2D eigenvalue weighted by atomic mass is 10.2. The van der Waals surface area contributed by atoms with Crippen molar-refractivity contribution in [2.45, 2.75) is 6.92 Å². The maximum absolute atomic E-state index is 6.12. The van der Waals surface area contributed by atoms with Crippen LogP contribution in [-0.4, -0.2) is 25.4 Å². The standard InChI is InChI=1S/C13H14ClN3O2S/c1-8-7-20-13(16-8)17-15-6-9-4-10(14)12(19-3)11(5-9)18-2/h4-7H,1-3H3,(H,16,17)/b15-6-. The topological polar surface area (TPSA) is 55.7 Å². The Morgan fingerprint density at radius 1 is 1.35 bits per heavy atom. The quantitative estimate of drug-likeness (QED) is 0.677. The second-order valence-electron chi connectivity index (χ2n) is 3.90. The van der Waals surface area contributed by atoms with Crippen molar-refractivity contribution in [1.82, 2.24) is 4.98 Å². The van der Waals surface area contributed by atoms with Crippen molar-refractivity contribution in [2.24, 2.45) is 5.10 Å². The van der Waals surface area contributed by atoms with Crippen molar-refractivity contribution in [3.63, 3.8) is 0 Å². The van der Waals surface area contributed by atoms with E-state index in [4.69, 9.17) is 21.1 Å². The lowest BCUT2D eigenvalue weighted by Gasteiger charge is -2.09. The number of hydrogen-bond acceptors (Lipinski definition) is 6. The van der Waals surface area contributed by atoms with Gasteiger partial charge in [-0.3, -0.25) is 5.43 Å². The van der Waals surface area contributed by atoms with Crippen molar-refractivity contribution in [1.29, 1.82) is 0 Å². The smallest absolute Gasteiger partial charge is 0.203 e. The van der Waals surface area contributed by atoms with E-state index < -0.39 is 0 Å². The molecule has 0 aliphatic heterocycles. The number of anilines is 1. The Labute approximate surface area is 126 Å². The zero-order chi connectivity index (χ0) is 14.5. The van der Waals surface area contributed by atoms with Gasteiger partial charge in [-0.2, -0.15) is 5.10 Å². The molecule has 0 saturated carbocycles. The van der Waals surface area contributed by atoms with Crippen LogP contribution in [0.4, 0.5) is 5.13 Å². The maximum atomic E-state index is 6.12. The molecule has 1 aromatic heterocycles. The Morgan fingerprint density at radius 3 is 2.75 bits per heavy atom. The summed E-state index contributed by atoms with van der Waals surface area (Å²) >= 11 is 7.61. The number of nitrogens with one attached hydrogen (secondary N) is 1. The van der Waals surface area contributed by atoms with Gasteiger partial charge in [0.15, 0.2) is 11.5 Å². The van der Waals surface area contributed by atoms with Crippen molar-refractivity contribution in [3.8, 4) is 11.5 Å². The molecule has 1 aromatic carbocycles. The first-order valence-electron chi connectivity index (χ1n) is 5.76. The van der Waals surface area contributed by atoms with Gasteiger partial charge < -0.3 is 9.47 Å². The highest BCUT2D eigenvalue weighted by Gasteiger charge is 2.09. The molecule has 0 saturated heterocycles. The number of aryl methyl sites for hydroxylation is 1. The summed E-state index contributed by atoms with van der Waals surface area (Å²) in [7, 11) is 3.11. The lowest BCUT2D eigenvalue weighted by molar-refractivity contribution is 0.355. The van der Waals surface area contributed by atoms with Gasteiger partial charge in [-0.15, -0.1) is 11.3 Å². The van der Waals surface area contributed by atoms with Gasteiger partial charge >= 0.3 is 0 Å². The van der Waals surface area contributed by atoms with Gasteiger partial charge in [0.1, 0.15) is 0 Å². The van der Waals surface area contributed by atoms with Crippen LogP contribution in [0.15, 0.2) is 22.6 Å². The average molecular weight is 312 g/mol. The van der Waals surface area contributed by atoms with Crippen molar-refractivity contribution >= 4 is 34.3 Å². The number of hydrazone groups is 1. The van der Waals surface area contributed by atoms with Crippen molar-refractivity contribution < 1.29 is 9.47 Å². The summed E-state index contributed by atoms with van der Waals surface area (Å²) in [4.78, 5) is 4.24. The summed E-state index contributed by atoms with van der Waals surface area (Å²) in [5.41, 5.74) is 4.62. The van der Waals surface area contributed by atoms with Gasteiger partial charge in [-0.05, 0) is 24.6 Å². The average Bonchev–Trinajstić information content (AvgIpc) is 2.83. The summed E-state index contributed by atoms with van der Waals surface area (Å²) in [6.45, 7) is 1.93. The predicted molar refractivity (Wildman–Crippen MR) is 82.6 cm³/mol. The fraction of sp³-hybridized carbons (Fsp3) is 0.231. The van der Waals surface area contributed by atoms with Gasteiger partial charge in [-0.1, -0.05) is 11.6 Å². The molecule has 0 amide bonds. The Morgan fingerprint density at radius 2 is 2.15 bits per heavy atom. The van der Waals surface area contributed by atoms with Crippen LogP contribution in [0.2, 0.25) is 5.02 Å². The number of nitrogens with zero attached hydrogens (tertiary/aromatic N) is 2. The Balaban J connectivity index is 2.15. The molecule has 2 rings (SSSR count). The van der Waals surface area contributed by atoms with E-state index in [1.54, 1.807) is 32.6 Å². The van der Waals surface area contributed by atoms with Crippen LogP contribution in [0.25, 0.3) is 0 Å². The molecule has 0 fully saturated rings. The number of thiazole rings is 1. The normalized spacial score (nSPS) is 10.8. The minimum absolute atomic E-state index is 0.471. The molecule has 0 radical (unpaired) electrons. The van der Waals surface area contributed by atoms with E-state index in [1.807, 2.05) is 12.3 Å². The van der Waals surface area contributed by atoms with Crippen LogP contribution >= 0.6 is 22.9 Å². The Hall–Kier alpha value is -1.79. The van der Waals surface area contributed by atoms with Crippen LogP contribution < -0.4 is 14.9 Å². The molecule has 5 nitrogen and oxygen atoms in total. The Kier molecular flexibility index (Phi) is 4.81. The molecule has 0 aliphatic rings. The van der Waals surface area contributed by atoms with Gasteiger partial charge in [0.05, 0.1) is 31.2 Å². The van der Waals surface area contributed by atoms with E-state index >= 15 is 0 Å². The van der Waals surface area contributed by atoms with Crippen LogP contribution in [0, 0.1) is 6.92 Å². The highest BCUT2D eigenvalue weighted by Crippen LogP contribution is 2.35. The molecule has 0 bridgehead atoms. The number of halogens is 1. The van der Waals surface area contributed by atoms with E-state index in [9.17, 15) is 0 Å². The van der Waals surface area contributed by atoms with E-state index in [2.05, 4.69) is 15.5 Å². The molecule has 0 aliphatic carbocycles. The second-order valence-corrected chi connectivity index (χ2v) is 5.17. The zero-order valence-corrected chi connectivity index (χ0v) is 12.9. The molecular formula is C13H14ClN3O2S. The molecule has 2 aromatic rings. The van der Waals surface area contributed by atoms with Crippen LogP contribution in [0.3, 0.4) is 0 Å². The summed E-state index contributed by atoms with van der Waals surface area (Å²) in [5, 5.41) is 7.28. The summed E-state index contributed by atoms with van der Waals surface area (Å²) in [6.07, 6.45) is 1.64. The lowest BCUT2D eigenvalue weighted by Crippen LogP contribution is -1.95. The van der Waals surface area contributed by atoms with Crippen LogP contribution in [0.5, 0.6) is 11.5 Å². The number of benzene rings is 1. The predicted octanol–water partition coefficient (Wildman–Crippen LogP) is 3.57. The molecule has 7 heteroatoms. The van der Waals surface area contributed by atoms with Gasteiger partial charge in [0.2, 0.25) is 5.13 Å². The molecule has 20 heavy (non-hydrogen) atoms. The van der Waals surface area contributed by atoms with Crippen LogP contribution in [-0.2, 0) is 0 Å². The summed E-state index contributed by atoms with van der Waals surface area (Å²) in [6, 6.07) is 3.55. The molecule has 0 atom stereocenters. The zero-order valence-electron chi connectivity index (χ0n) is 11.3. The molecule has 1 N–H and O–H groups in total. The van der Waals surface area contributed by atoms with Crippen molar-refractivity contribution in [2.75, 3.05) is 19.6 Å². The third-order valence-corrected chi connectivity index (χ3v) is 3.59. The van der Waals surface area contributed by atoms with E-state index in [0.29, 0.717) is 16.5 Å². The summed E-state index contributed by atoms with van der Waals surface area (Å²) in [5.74, 6) is 1.07. The highest BCUT2D eigenvalue weighted by molar-refractivity contribution is 7.13. The van der Waals surface area contributed by atoms with Crippen LogP contribution in [0.1, 0.15) is 11.3 Å². The molecule has 106 valence electrons. The van der Waals surface area contributed by atoms with Gasteiger partial charge in [0, 0.05) is 5.38 Å². The molecule has 0 spiro atoms. The SMILES string of the molecule is COc1cc(/C=N\Nc2nc(C)cs2)cc(Cl)c1OC.